The molecule has 7 nitrogen and oxygen atoms in total. The number of likely N-dealkylation sites (N-methyl/N-ethyl adjacent to an activating group) is 1. The van der Waals surface area contributed by atoms with Gasteiger partial charge in [0.25, 0.3) is 11.8 Å². The SMILES string of the molecule is CCN1CCN(C(=O)COc2ccc(-c3nc(-c4ccc(C)cc4)no3)cc2)CC1. The van der Waals surface area contributed by atoms with Crippen molar-refractivity contribution in [1.29, 1.82) is 0 Å². The average Bonchev–Trinajstić information content (AvgIpc) is 3.28. The summed E-state index contributed by atoms with van der Waals surface area (Å²) in [4.78, 5) is 21.0. The smallest absolute Gasteiger partial charge is 0.260 e. The molecule has 0 spiro atoms. The molecular weight excluding hydrogens is 380 g/mol. The minimum Gasteiger partial charge on any atom is -0.484 e. The van der Waals surface area contributed by atoms with Gasteiger partial charge in [0, 0.05) is 37.3 Å². The van der Waals surface area contributed by atoms with Crippen LogP contribution in [0, 0.1) is 6.92 Å². The summed E-state index contributed by atoms with van der Waals surface area (Å²) in [6.07, 6.45) is 0. The lowest BCUT2D eigenvalue weighted by Gasteiger charge is -2.33. The maximum Gasteiger partial charge on any atom is 0.260 e. The maximum absolute atomic E-state index is 12.4. The van der Waals surface area contributed by atoms with Crippen LogP contribution >= 0.6 is 0 Å². The summed E-state index contributed by atoms with van der Waals surface area (Å²) in [5, 5.41) is 4.07. The number of carbonyl (C=O) groups is 1. The summed E-state index contributed by atoms with van der Waals surface area (Å²) >= 11 is 0. The van der Waals surface area contributed by atoms with E-state index >= 15 is 0 Å². The first kappa shape index (κ1) is 20.1. The van der Waals surface area contributed by atoms with E-state index in [4.69, 9.17) is 9.26 Å². The molecule has 7 heteroatoms. The molecule has 156 valence electrons. The van der Waals surface area contributed by atoms with Gasteiger partial charge in [-0.25, -0.2) is 0 Å². The van der Waals surface area contributed by atoms with Gasteiger partial charge in [-0.05, 0) is 37.7 Å². The van der Waals surface area contributed by atoms with E-state index in [1.807, 2.05) is 60.4 Å². The molecule has 1 aliphatic heterocycles. The zero-order chi connectivity index (χ0) is 20.9. The van der Waals surface area contributed by atoms with Crippen LogP contribution in [0.4, 0.5) is 0 Å². The Morgan fingerprint density at radius 2 is 1.67 bits per heavy atom. The highest BCUT2D eigenvalue weighted by Crippen LogP contribution is 2.24. The highest BCUT2D eigenvalue weighted by Gasteiger charge is 2.20. The number of benzene rings is 2. The molecule has 0 radical (unpaired) electrons. The average molecular weight is 406 g/mol. The topological polar surface area (TPSA) is 71.7 Å². The Hall–Kier alpha value is -3.19. The van der Waals surface area contributed by atoms with Crippen molar-refractivity contribution in [1.82, 2.24) is 19.9 Å². The largest absolute Gasteiger partial charge is 0.484 e. The van der Waals surface area contributed by atoms with Crippen molar-refractivity contribution < 1.29 is 14.1 Å². The van der Waals surface area contributed by atoms with Crippen molar-refractivity contribution in [2.45, 2.75) is 13.8 Å². The van der Waals surface area contributed by atoms with Crippen LogP contribution in [0.5, 0.6) is 5.75 Å². The van der Waals surface area contributed by atoms with E-state index in [1.165, 1.54) is 5.56 Å². The number of piperazine rings is 1. The standard InChI is InChI=1S/C23H26N4O3/c1-3-26-12-14-27(15-13-26)21(28)16-29-20-10-8-19(9-11-20)23-24-22(25-30-23)18-6-4-17(2)5-7-18/h4-11H,3,12-16H2,1-2H3. The molecule has 1 aromatic heterocycles. The molecule has 0 aliphatic carbocycles. The van der Waals surface area contributed by atoms with Gasteiger partial charge in [-0.2, -0.15) is 4.98 Å². The van der Waals surface area contributed by atoms with Crippen LogP contribution in [0.15, 0.2) is 53.1 Å². The van der Waals surface area contributed by atoms with Gasteiger partial charge in [0.2, 0.25) is 5.82 Å². The van der Waals surface area contributed by atoms with Gasteiger partial charge in [-0.15, -0.1) is 0 Å². The van der Waals surface area contributed by atoms with E-state index in [0.717, 1.165) is 43.9 Å². The normalized spacial score (nSPS) is 14.7. The van der Waals surface area contributed by atoms with Crippen molar-refractivity contribution in [3.05, 3.63) is 54.1 Å². The third-order valence-corrected chi connectivity index (χ3v) is 5.37. The molecule has 2 aromatic carbocycles. The van der Waals surface area contributed by atoms with E-state index in [0.29, 0.717) is 17.5 Å². The third-order valence-electron chi connectivity index (χ3n) is 5.37. The molecule has 0 saturated carbocycles. The van der Waals surface area contributed by atoms with Crippen molar-refractivity contribution in [3.63, 3.8) is 0 Å². The Morgan fingerprint density at radius 3 is 2.33 bits per heavy atom. The van der Waals surface area contributed by atoms with E-state index < -0.39 is 0 Å². The summed E-state index contributed by atoms with van der Waals surface area (Å²) in [5.41, 5.74) is 2.89. The predicted octanol–water partition coefficient (Wildman–Crippen LogP) is 3.25. The first-order valence-electron chi connectivity index (χ1n) is 10.3. The van der Waals surface area contributed by atoms with Crippen LogP contribution in [0.25, 0.3) is 22.8 Å². The Morgan fingerprint density at radius 1 is 1.00 bits per heavy atom. The number of nitrogens with zero attached hydrogens (tertiary/aromatic N) is 4. The van der Waals surface area contributed by atoms with E-state index in [9.17, 15) is 4.79 Å². The second-order valence-corrected chi connectivity index (χ2v) is 7.42. The molecule has 4 rings (SSSR count). The number of amides is 1. The molecule has 0 N–H and O–H groups in total. The van der Waals surface area contributed by atoms with Gasteiger partial charge in [0.05, 0.1) is 0 Å². The molecular formula is C23H26N4O3. The summed E-state index contributed by atoms with van der Waals surface area (Å²) in [6.45, 7) is 8.61. The molecule has 3 aromatic rings. The number of aryl methyl sites for hydroxylation is 1. The third kappa shape index (κ3) is 4.68. The highest BCUT2D eigenvalue weighted by molar-refractivity contribution is 5.78. The minimum absolute atomic E-state index is 0.0227. The van der Waals surface area contributed by atoms with Gasteiger partial charge in [-0.3, -0.25) is 4.79 Å². The molecule has 0 atom stereocenters. The Kier molecular flexibility index (Phi) is 6.09. The van der Waals surface area contributed by atoms with Crippen LogP contribution in [0.3, 0.4) is 0 Å². The highest BCUT2D eigenvalue weighted by atomic mass is 16.5. The van der Waals surface area contributed by atoms with E-state index in [2.05, 4.69) is 22.0 Å². The fourth-order valence-corrected chi connectivity index (χ4v) is 3.40. The van der Waals surface area contributed by atoms with Gasteiger partial charge in [0.15, 0.2) is 6.61 Å². The summed E-state index contributed by atoms with van der Waals surface area (Å²) in [6, 6.07) is 15.3. The quantitative estimate of drug-likeness (QED) is 0.626. The predicted molar refractivity (Wildman–Crippen MR) is 114 cm³/mol. The Bertz CT molecular complexity index is 974. The lowest BCUT2D eigenvalue weighted by molar-refractivity contribution is -0.135. The van der Waals surface area contributed by atoms with Crippen molar-refractivity contribution in [3.8, 4) is 28.6 Å². The Balaban J connectivity index is 1.33. The number of hydrogen-bond acceptors (Lipinski definition) is 6. The number of aromatic nitrogens is 2. The second kappa shape index (κ2) is 9.09. The molecule has 1 fully saturated rings. The first-order valence-corrected chi connectivity index (χ1v) is 10.3. The number of hydrogen-bond donors (Lipinski definition) is 0. The van der Waals surface area contributed by atoms with Crippen LogP contribution in [-0.4, -0.2) is 65.2 Å². The molecule has 1 amide bonds. The summed E-state index contributed by atoms with van der Waals surface area (Å²) in [5.74, 6) is 1.66. The molecule has 1 saturated heterocycles. The van der Waals surface area contributed by atoms with Gasteiger partial charge < -0.3 is 19.1 Å². The van der Waals surface area contributed by atoms with Gasteiger partial charge >= 0.3 is 0 Å². The lowest BCUT2D eigenvalue weighted by atomic mass is 10.1. The number of ether oxygens (including phenoxy) is 1. The van der Waals surface area contributed by atoms with Crippen molar-refractivity contribution >= 4 is 5.91 Å². The Labute approximate surface area is 176 Å². The zero-order valence-corrected chi connectivity index (χ0v) is 17.4. The lowest BCUT2D eigenvalue weighted by Crippen LogP contribution is -2.49. The minimum atomic E-state index is 0.0227. The van der Waals surface area contributed by atoms with Crippen LogP contribution in [0.2, 0.25) is 0 Å². The maximum atomic E-state index is 12.4. The molecule has 30 heavy (non-hydrogen) atoms. The fourth-order valence-electron chi connectivity index (χ4n) is 3.40. The molecule has 0 bridgehead atoms. The van der Waals surface area contributed by atoms with Gasteiger partial charge in [-0.1, -0.05) is 41.9 Å². The van der Waals surface area contributed by atoms with Crippen LogP contribution in [0.1, 0.15) is 12.5 Å². The summed E-state index contributed by atoms with van der Waals surface area (Å²) < 4.78 is 11.1. The molecule has 1 aliphatic rings. The monoisotopic (exact) mass is 406 g/mol. The summed E-state index contributed by atoms with van der Waals surface area (Å²) in [7, 11) is 0. The number of rotatable bonds is 6. The van der Waals surface area contributed by atoms with E-state index in [-0.39, 0.29) is 12.5 Å². The first-order chi connectivity index (χ1) is 14.6. The zero-order valence-electron chi connectivity index (χ0n) is 17.4. The van der Waals surface area contributed by atoms with Gasteiger partial charge in [0.1, 0.15) is 5.75 Å². The van der Waals surface area contributed by atoms with Crippen molar-refractivity contribution in [2.24, 2.45) is 0 Å². The van der Waals surface area contributed by atoms with Crippen LogP contribution < -0.4 is 4.74 Å². The molecule has 0 unspecified atom stereocenters. The van der Waals surface area contributed by atoms with E-state index in [1.54, 1.807) is 0 Å². The molecule has 2 heterocycles. The fraction of sp³-hybridized carbons (Fsp3) is 0.348. The van der Waals surface area contributed by atoms with Crippen LogP contribution in [-0.2, 0) is 4.79 Å². The van der Waals surface area contributed by atoms with Crippen molar-refractivity contribution in [2.75, 3.05) is 39.3 Å². The second-order valence-electron chi connectivity index (χ2n) is 7.42. The number of carbonyl (C=O) groups excluding carboxylic acids is 1.